The summed E-state index contributed by atoms with van der Waals surface area (Å²) in [6.45, 7) is 8.01. The van der Waals surface area contributed by atoms with Gasteiger partial charge in [-0.1, -0.05) is 33.6 Å². The van der Waals surface area contributed by atoms with Crippen molar-refractivity contribution in [2.45, 2.75) is 59.1 Å². The molecule has 0 aromatic carbocycles. The van der Waals surface area contributed by atoms with E-state index in [4.69, 9.17) is 5.41 Å². The van der Waals surface area contributed by atoms with E-state index in [0.717, 1.165) is 12.8 Å². The Morgan fingerprint density at radius 3 is 2.35 bits per heavy atom. The molecular weight excluding hydrogens is 256 g/mol. The van der Waals surface area contributed by atoms with Crippen molar-refractivity contribution < 1.29 is 15.0 Å². The fourth-order valence-electron chi connectivity index (χ4n) is 3.78. The molecule has 0 amide bonds. The normalized spacial score (nSPS) is 31.3. The number of rotatable bonds is 6. The lowest BCUT2D eigenvalue weighted by atomic mass is 9.76. The molecule has 0 heterocycles. The summed E-state index contributed by atoms with van der Waals surface area (Å²) >= 11 is 0. The van der Waals surface area contributed by atoms with Crippen LogP contribution in [-0.2, 0) is 4.79 Å². The molecule has 0 aromatic heterocycles. The summed E-state index contributed by atoms with van der Waals surface area (Å²) in [6, 6.07) is -0.126. The highest BCUT2D eigenvalue weighted by Crippen LogP contribution is 2.41. The van der Waals surface area contributed by atoms with Gasteiger partial charge in [-0.15, -0.1) is 0 Å². The molecule has 0 saturated heterocycles. The van der Waals surface area contributed by atoms with Gasteiger partial charge < -0.3 is 15.5 Å². The third-order valence-electron chi connectivity index (χ3n) is 4.90. The Balaban J connectivity index is 2.96. The molecule has 116 valence electrons. The number of amidine groups is 1. The maximum absolute atomic E-state index is 11.3. The average Bonchev–Trinajstić information content (AvgIpc) is 2.66. The van der Waals surface area contributed by atoms with Crippen LogP contribution in [0.3, 0.4) is 0 Å². The number of hydrogen-bond acceptors (Lipinski definition) is 3. The van der Waals surface area contributed by atoms with Gasteiger partial charge >= 0.3 is 5.97 Å². The first-order valence-corrected chi connectivity index (χ1v) is 7.55. The van der Waals surface area contributed by atoms with Crippen molar-refractivity contribution in [2.75, 3.05) is 0 Å². The maximum Gasteiger partial charge on any atom is 0.309 e. The first-order chi connectivity index (χ1) is 9.33. The molecule has 5 heteroatoms. The third-order valence-corrected chi connectivity index (χ3v) is 4.90. The smallest absolute Gasteiger partial charge is 0.309 e. The van der Waals surface area contributed by atoms with E-state index in [1.54, 1.807) is 6.92 Å². The number of carboxylic acids is 1. The van der Waals surface area contributed by atoms with Crippen LogP contribution in [0.2, 0.25) is 0 Å². The van der Waals surface area contributed by atoms with Crippen molar-refractivity contribution in [1.29, 1.82) is 5.41 Å². The quantitative estimate of drug-likeness (QED) is 0.444. The minimum absolute atomic E-state index is 0.110. The highest BCUT2D eigenvalue weighted by molar-refractivity contribution is 5.77. The van der Waals surface area contributed by atoms with E-state index in [1.165, 1.54) is 0 Å². The van der Waals surface area contributed by atoms with Crippen molar-refractivity contribution in [2.24, 2.45) is 23.7 Å². The molecule has 1 aliphatic carbocycles. The second-order valence-electron chi connectivity index (χ2n) is 6.06. The number of hydrogen-bond donors (Lipinski definition) is 4. The highest BCUT2D eigenvalue weighted by atomic mass is 16.4. The predicted octanol–water partition coefficient (Wildman–Crippen LogP) is 2.10. The predicted molar refractivity (Wildman–Crippen MR) is 78.8 cm³/mol. The van der Waals surface area contributed by atoms with Gasteiger partial charge in [-0.05, 0) is 25.2 Å². The molecule has 5 atom stereocenters. The first kappa shape index (κ1) is 17.0. The van der Waals surface area contributed by atoms with Crippen LogP contribution in [0.4, 0.5) is 0 Å². The number of carboxylic acid groups (broad SMARTS) is 1. The SMILES string of the molecule is CCC(CC)[C@H](C)[C@@H]1[C@H](O)[C@@H](C(=O)O)C[C@H]1NC(C)=N. The first-order valence-electron chi connectivity index (χ1n) is 7.55. The molecule has 0 aromatic rings. The van der Waals surface area contributed by atoms with Gasteiger partial charge in [0.1, 0.15) is 0 Å². The van der Waals surface area contributed by atoms with Gasteiger partial charge in [-0.2, -0.15) is 0 Å². The van der Waals surface area contributed by atoms with Crippen LogP contribution in [0.25, 0.3) is 0 Å². The van der Waals surface area contributed by atoms with Gasteiger partial charge in [-0.3, -0.25) is 10.2 Å². The summed E-state index contributed by atoms with van der Waals surface area (Å²) < 4.78 is 0. The van der Waals surface area contributed by atoms with E-state index in [1.807, 2.05) is 0 Å². The molecule has 5 nitrogen and oxygen atoms in total. The Kier molecular flexibility index (Phi) is 5.99. The number of carbonyl (C=O) groups is 1. The van der Waals surface area contributed by atoms with E-state index in [2.05, 4.69) is 26.1 Å². The molecule has 1 rings (SSSR count). The Labute approximate surface area is 121 Å². The standard InChI is InChI=1S/C15H28N2O3/c1-5-10(6-2)8(3)13-12(17-9(4)16)7-11(14(13)18)15(19)20/h8,10-14,18H,5-7H2,1-4H3,(H2,16,17)(H,19,20)/t8-,11-,12+,13-,14+/m0/s1. The molecule has 1 saturated carbocycles. The molecule has 1 fully saturated rings. The van der Waals surface area contributed by atoms with E-state index in [-0.39, 0.29) is 17.9 Å². The summed E-state index contributed by atoms with van der Waals surface area (Å²) in [7, 11) is 0. The van der Waals surface area contributed by atoms with Crippen molar-refractivity contribution in [1.82, 2.24) is 5.32 Å². The van der Waals surface area contributed by atoms with Crippen molar-refractivity contribution in [3.05, 3.63) is 0 Å². The zero-order chi connectivity index (χ0) is 15.4. The van der Waals surface area contributed by atoms with Crippen molar-refractivity contribution >= 4 is 11.8 Å². The van der Waals surface area contributed by atoms with E-state index < -0.39 is 18.0 Å². The Morgan fingerprint density at radius 2 is 1.95 bits per heavy atom. The summed E-state index contributed by atoms with van der Waals surface area (Å²) in [4.78, 5) is 11.3. The fourth-order valence-corrected chi connectivity index (χ4v) is 3.78. The van der Waals surface area contributed by atoms with E-state index in [9.17, 15) is 15.0 Å². The van der Waals surface area contributed by atoms with Gasteiger partial charge in [0.15, 0.2) is 0 Å². The largest absolute Gasteiger partial charge is 0.481 e. The second-order valence-corrected chi connectivity index (χ2v) is 6.06. The molecular formula is C15H28N2O3. The lowest BCUT2D eigenvalue weighted by Gasteiger charge is -2.34. The van der Waals surface area contributed by atoms with Gasteiger partial charge in [0.2, 0.25) is 0 Å². The van der Waals surface area contributed by atoms with Crippen LogP contribution in [-0.4, -0.2) is 34.2 Å². The van der Waals surface area contributed by atoms with Gasteiger partial charge in [0, 0.05) is 12.0 Å². The highest BCUT2D eigenvalue weighted by Gasteiger charge is 2.49. The molecule has 0 unspecified atom stereocenters. The molecule has 1 aliphatic rings. The fraction of sp³-hybridized carbons (Fsp3) is 0.867. The lowest BCUT2D eigenvalue weighted by Crippen LogP contribution is -2.43. The summed E-state index contributed by atoms with van der Waals surface area (Å²) in [6.07, 6.45) is 1.60. The minimum Gasteiger partial charge on any atom is -0.481 e. The third kappa shape index (κ3) is 3.51. The Morgan fingerprint density at radius 1 is 1.40 bits per heavy atom. The molecule has 4 N–H and O–H groups in total. The van der Waals surface area contributed by atoms with Crippen LogP contribution in [0.5, 0.6) is 0 Å². The van der Waals surface area contributed by atoms with Crippen LogP contribution < -0.4 is 5.32 Å². The van der Waals surface area contributed by atoms with Crippen LogP contribution in [0.1, 0.15) is 47.0 Å². The summed E-state index contributed by atoms with van der Waals surface area (Å²) in [5.41, 5.74) is 0. The number of nitrogens with one attached hydrogen (secondary N) is 2. The molecule has 0 bridgehead atoms. The van der Waals surface area contributed by atoms with Gasteiger partial charge in [0.05, 0.1) is 17.9 Å². The summed E-state index contributed by atoms with van der Waals surface area (Å²) in [5, 5.41) is 30.3. The lowest BCUT2D eigenvalue weighted by molar-refractivity contribution is -0.145. The second kappa shape index (κ2) is 7.07. The Hall–Kier alpha value is -1.10. The van der Waals surface area contributed by atoms with Crippen molar-refractivity contribution in [3.8, 4) is 0 Å². The van der Waals surface area contributed by atoms with Crippen LogP contribution >= 0.6 is 0 Å². The van der Waals surface area contributed by atoms with Crippen molar-refractivity contribution in [3.63, 3.8) is 0 Å². The molecule has 0 spiro atoms. The monoisotopic (exact) mass is 284 g/mol. The number of aliphatic hydroxyl groups is 1. The van der Waals surface area contributed by atoms with E-state index >= 15 is 0 Å². The zero-order valence-corrected chi connectivity index (χ0v) is 12.9. The zero-order valence-electron chi connectivity index (χ0n) is 12.9. The Bertz CT molecular complexity index is 355. The van der Waals surface area contributed by atoms with E-state index in [0.29, 0.717) is 18.2 Å². The molecule has 0 radical (unpaired) electrons. The number of aliphatic carboxylic acids is 1. The summed E-state index contributed by atoms with van der Waals surface area (Å²) in [5.74, 6) is -0.741. The van der Waals surface area contributed by atoms with Crippen LogP contribution in [0, 0.1) is 29.1 Å². The van der Waals surface area contributed by atoms with Gasteiger partial charge in [-0.25, -0.2) is 0 Å². The molecule has 20 heavy (non-hydrogen) atoms. The number of aliphatic hydroxyl groups excluding tert-OH is 1. The average molecular weight is 284 g/mol. The minimum atomic E-state index is -0.939. The topological polar surface area (TPSA) is 93.4 Å². The van der Waals surface area contributed by atoms with Gasteiger partial charge in [0.25, 0.3) is 0 Å². The molecule has 0 aliphatic heterocycles. The van der Waals surface area contributed by atoms with Crippen LogP contribution in [0.15, 0.2) is 0 Å². The maximum atomic E-state index is 11.3.